The van der Waals surface area contributed by atoms with Gasteiger partial charge in [0, 0.05) is 37.9 Å². The number of nitrogens with zero attached hydrogens (tertiary/aromatic N) is 4. The molecule has 1 N–H and O–H groups in total. The highest BCUT2D eigenvalue weighted by atomic mass is 19.4. The number of nitrogens with one attached hydrogen (secondary N) is 1. The van der Waals surface area contributed by atoms with E-state index in [0.29, 0.717) is 24.6 Å². The van der Waals surface area contributed by atoms with Gasteiger partial charge < -0.3 is 15.1 Å². The van der Waals surface area contributed by atoms with Gasteiger partial charge in [0.1, 0.15) is 17.8 Å². The summed E-state index contributed by atoms with van der Waals surface area (Å²) in [6.45, 7) is 2.85. The van der Waals surface area contributed by atoms with Gasteiger partial charge in [-0.2, -0.15) is 13.2 Å². The van der Waals surface area contributed by atoms with E-state index in [2.05, 4.69) is 20.2 Å². The van der Waals surface area contributed by atoms with E-state index in [9.17, 15) is 18.0 Å². The fraction of sp³-hybridized carbons (Fsp3) is 0.353. The van der Waals surface area contributed by atoms with Gasteiger partial charge in [-0.25, -0.2) is 9.97 Å². The average Bonchev–Trinajstić information content (AvgIpc) is 2.62. The van der Waals surface area contributed by atoms with Crippen LogP contribution >= 0.6 is 0 Å². The number of benzene rings is 1. The number of anilines is 2. The van der Waals surface area contributed by atoms with Gasteiger partial charge in [-0.15, -0.1) is 0 Å². The molecule has 0 radical (unpaired) electrons. The summed E-state index contributed by atoms with van der Waals surface area (Å²) in [6, 6.07) is 6.09. The van der Waals surface area contributed by atoms with E-state index >= 15 is 0 Å². The minimum atomic E-state index is -4.38. The summed E-state index contributed by atoms with van der Waals surface area (Å²) in [5.41, 5.74) is -0.0367. The van der Waals surface area contributed by atoms with Crippen molar-refractivity contribution in [3.05, 3.63) is 47.9 Å². The monoisotopic (exact) mass is 365 g/mol. The summed E-state index contributed by atoms with van der Waals surface area (Å²) in [5.74, 6) is 0.160. The first-order chi connectivity index (χ1) is 12.3. The van der Waals surface area contributed by atoms with Crippen molar-refractivity contribution in [2.45, 2.75) is 6.18 Å². The SMILES string of the molecule is CN1CCN(C(=O)c2cc(Nc3ccc(C(F)(F)F)cc3)ncn2)CC1. The van der Waals surface area contributed by atoms with Crippen molar-refractivity contribution in [2.24, 2.45) is 0 Å². The third kappa shape index (κ3) is 4.29. The van der Waals surface area contributed by atoms with Gasteiger partial charge >= 0.3 is 6.18 Å². The summed E-state index contributed by atoms with van der Waals surface area (Å²) < 4.78 is 37.8. The molecule has 1 fully saturated rings. The van der Waals surface area contributed by atoms with Crippen molar-refractivity contribution < 1.29 is 18.0 Å². The number of amides is 1. The maximum absolute atomic E-state index is 12.6. The zero-order valence-corrected chi connectivity index (χ0v) is 14.1. The van der Waals surface area contributed by atoms with E-state index in [0.717, 1.165) is 25.2 Å². The van der Waals surface area contributed by atoms with Crippen LogP contribution in [0.2, 0.25) is 0 Å². The van der Waals surface area contributed by atoms with E-state index in [4.69, 9.17) is 0 Å². The van der Waals surface area contributed by atoms with E-state index in [1.165, 1.54) is 24.5 Å². The molecule has 2 aromatic rings. The molecule has 138 valence electrons. The Morgan fingerprint density at radius 3 is 2.35 bits per heavy atom. The molecule has 0 bridgehead atoms. The van der Waals surface area contributed by atoms with E-state index < -0.39 is 11.7 Å². The van der Waals surface area contributed by atoms with E-state index in [1.807, 2.05) is 7.05 Å². The van der Waals surface area contributed by atoms with Crippen molar-refractivity contribution in [1.82, 2.24) is 19.8 Å². The average molecular weight is 365 g/mol. The number of halogens is 3. The lowest BCUT2D eigenvalue weighted by Crippen LogP contribution is -2.47. The Kier molecular flexibility index (Phi) is 5.08. The van der Waals surface area contributed by atoms with Gasteiger partial charge in [-0.3, -0.25) is 4.79 Å². The molecule has 6 nitrogen and oxygen atoms in total. The van der Waals surface area contributed by atoms with Crippen LogP contribution in [-0.4, -0.2) is 58.9 Å². The molecule has 3 rings (SSSR count). The Morgan fingerprint density at radius 1 is 1.08 bits per heavy atom. The lowest BCUT2D eigenvalue weighted by molar-refractivity contribution is -0.137. The Hall–Kier alpha value is -2.68. The predicted molar refractivity (Wildman–Crippen MR) is 90.2 cm³/mol. The molecule has 1 aliphatic heterocycles. The Labute approximate surface area is 148 Å². The maximum atomic E-state index is 12.6. The Morgan fingerprint density at radius 2 is 1.73 bits per heavy atom. The molecule has 9 heteroatoms. The molecule has 0 spiro atoms. The van der Waals surface area contributed by atoms with Crippen LogP contribution < -0.4 is 5.32 Å². The van der Waals surface area contributed by atoms with Crippen LogP contribution in [0.15, 0.2) is 36.7 Å². The van der Waals surface area contributed by atoms with Crippen LogP contribution in [0.25, 0.3) is 0 Å². The Bertz CT molecular complexity index is 771. The number of hydrogen-bond acceptors (Lipinski definition) is 5. The molecule has 1 saturated heterocycles. The molecule has 1 aliphatic rings. The number of aromatic nitrogens is 2. The number of rotatable bonds is 3. The van der Waals surface area contributed by atoms with Crippen LogP contribution in [0.4, 0.5) is 24.7 Å². The maximum Gasteiger partial charge on any atom is 0.416 e. The van der Waals surface area contributed by atoms with Crippen LogP contribution in [-0.2, 0) is 6.18 Å². The minimum Gasteiger partial charge on any atom is -0.340 e. The number of likely N-dealkylation sites (N-methyl/N-ethyl adjacent to an activating group) is 1. The quantitative estimate of drug-likeness (QED) is 0.906. The second-order valence-corrected chi connectivity index (χ2v) is 6.08. The van der Waals surface area contributed by atoms with Crippen molar-refractivity contribution in [1.29, 1.82) is 0 Å². The molecule has 2 heterocycles. The first-order valence-corrected chi connectivity index (χ1v) is 8.07. The summed E-state index contributed by atoms with van der Waals surface area (Å²) >= 11 is 0. The van der Waals surface area contributed by atoms with Crippen LogP contribution in [0.5, 0.6) is 0 Å². The Balaban J connectivity index is 1.70. The molecule has 1 aromatic carbocycles. The number of alkyl halides is 3. The summed E-state index contributed by atoms with van der Waals surface area (Å²) in [6.07, 6.45) is -3.12. The number of hydrogen-bond donors (Lipinski definition) is 1. The molecular formula is C17H18F3N5O. The molecule has 1 amide bonds. The van der Waals surface area contributed by atoms with Gasteiger partial charge in [-0.05, 0) is 31.3 Å². The zero-order chi connectivity index (χ0) is 18.7. The van der Waals surface area contributed by atoms with Crippen LogP contribution in [0.1, 0.15) is 16.1 Å². The van der Waals surface area contributed by atoms with Crippen molar-refractivity contribution in [3.8, 4) is 0 Å². The smallest absolute Gasteiger partial charge is 0.340 e. The molecule has 0 atom stereocenters. The predicted octanol–water partition coefficient (Wildman–Crippen LogP) is 2.63. The van der Waals surface area contributed by atoms with Crippen LogP contribution in [0.3, 0.4) is 0 Å². The van der Waals surface area contributed by atoms with Gasteiger partial charge in [0.05, 0.1) is 5.56 Å². The standard InChI is InChI=1S/C17H18F3N5O/c1-24-6-8-25(9-7-24)16(26)14-10-15(22-11-21-14)23-13-4-2-12(3-5-13)17(18,19)20/h2-5,10-11H,6-9H2,1H3,(H,21,22,23). The molecule has 0 aliphatic carbocycles. The third-order valence-electron chi connectivity index (χ3n) is 4.16. The second-order valence-electron chi connectivity index (χ2n) is 6.08. The minimum absolute atomic E-state index is 0.184. The topological polar surface area (TPSA) is 61.4 Å². The largest absolute Gasteiger partial charge is 0.416 e. The summed E-state index contributed by atoms with van der Waals surface area (Å²) in [7, 11) is 2.00. The second kappa shape index (κ2) is 7.28. The van der Waals surface area contributed by atoms with Crippen molar-refractivity contribution in [3.63, 3.8) is 0 Å². The van der Waals surface area contributed by atoms with Gasteiger partial charge in [-0.1, -0.05) is 0 Å². The fourth-order valence-electron chi connectivity index (χ4n) is 2.60. The van der Waals surface area contributed by atoms with Crippen LogP contribution in [0, 0.1) is 0 Å². The first-order valence-electron chi connectivity index (χ1n) is 8.07. The highest BCUT2D eigenvalue weighted by Crippen LogP contribution is 2.30. The van der Waals surface area contributed by atoms with E-state index in [1.54, 1.807) is 4.90 Å². The zero-order valence-electron chi connectivity index (χ0n) is 14.1. The highest BCUT2D eigenvalue weighted by molar-refractivity contribution is 5.93. The van der Waals surface area contributed by atoms with Gasteiger partial charge in [0.25, 0.3) is 5.91 Å². The number of piperazine rings is 1. The highest BCUT2D eigenvalue weighted by Gasteiger charge is 2.30. The molecule has 0 saturated carbocycles. The third-order valence-corrected chi connectivity index (χ3v) is 4.16. The summed E-state index contributed by atoms with van der Waals surface area (Å²) in [4.78, 5) is 24.4. The molecule has 26 heavy (non-hydrogen) atoms. The molecule has 0 unspecified atom stereocenters. The molecule has 1 aromatic heterocycles. The normalized spacial score (nSPS) is 15.8. The molecular weight excluding hydrogens is 347 g/mol. The van der Waals surface area contributed by atoms with E-state index in [-0.39, 0.29) is 11.6 Å². The summed E-state index contributed by atoms with van der Waals surface area (Å²) in [5, 5.41) is 2.89. The van der Waals surface area contributed by atoms with Crippen molar-refractivity contribution >= 4 is 17.4 Å². The van der Waals surface area contributed by atoms with Crippen molar-refractivity contribution in [2.75, 3.05) is 38.5 Å². The number of carbonyl (C=O) groups is 1. The van der Waals surface area contributed by atoms with Gasteiger partial charge in [0.2, 0.25) is 0 Å². The fourth-order valence-corrected chi connectivity index (χ4v) is 2.60. The lowest BCUT2D eigenvalue weighted by Gasteiger charge is -2.32. The van der Waals surface area contributed by atoms with Gasteiger partial charge in [0.15, 0.2) is 0 Å². The first kappa shape index (κ1) is 18.1. The number of carbonyl (C=O) groups excluding carboxylic acids is 1. The lowest BCUT2D eigenvalue weighted by atomic mass is 10.2.